The van der Waals surface area contributed by atoms with E-state index in [2.05, 4.69) is 37.1 Å². The van der Waals surface area contributed by atoms with Gasteiger partial charge in [0.15, 0.2) is 0 Å². The Morgan fingerprint density at radius 3 is 2.74 bits per heavy atom. The molecule has 19 heavy (non-hydrogen) atoms. The van der Waals surface area contributed by atoms with Crippen LogP contribution in [0, 0.1) is 5.92 Å². The molecule has 1 heterocycles. The molecule has 1 aromatic rings. The highest BCUT2D eigenvalue weighted by Gasteiger charge is 2.32. The number of nitrogens with one attached hydrogen (secondary N) is 1. The van der Waals surface area contributed by atoms with Crippen molar-refractivity contribution >= 4 is 0 Å². The fourth-order valence-electron chi connectivity index (χ4n) is 2.50. The Labute approximate surface area is 117 Å². The molecule has 0 amide bonds. The van der Waals surface area contributed by atoms with Crippen LogP contribution < -0.4 is 5.32 Å². The third kappa shape index (κ3) is 5.00. The van der Waals surface area contributed by atoms with Gasteiger partial charge in [-0.15, -0.1) is 0 Å². The van der Waals surface area contributed by atoms with Crippen LogP contribution in [-0.2, 0) is 6.54 Å². The largest absolute Gasteiger partial charge is 0.468 e. The van der Waals surface area contributed by atoms with Crippen LogP contribution in [0.2, 0.25) is 0 Å². The lowest BCUT2D eigenvalue weighted by Crippen LogP contribution is -2.37. The summed E-state index contributed by atoms with van der Waals surface area (Å²) in [5.74, 6) is 1.83. The topological polar surface area (TPSA) is 28.4 Å². The van der Waals surface area contributed by atoms with E-state index in [1.165, 1.54) is 19.3 Å². The predicted octanol–water partition coefficient (Wildman–Crippen LogP) is 3.27. The van der Waals surface area contributed by atoms with E-state index in [-0.39, 0.29) is 0 Å². The highest BCUT2D eigenvalue weighted by molar-refractivity contribution is 5.00. The summed E-state index contributed by atoms with van der Waals surface area (Å²) in [5, 5.41) is 3.54. The highest BCUT2D eigenvalue weighted by Crippen LogP contribution is 2.30. The van der Waals surface area contributed by atoms with Gasteiger partial charge in [0, 0.05) is 12.1 Å². The van der Waals surface area contributed by atoms with Crippen molar-refractivity contribution in [3.8, 4) is 0 Å². The zero-order valence-corrected chi connectivity index (χ0v) is 12.6. The molecule has 2 rings (SSSR count). The normalized spacial score (nSPS) is 17.3. The zero-order chi connectivity index (χ0) is 13.7. The molecule has 1 atom stereocenters. The van der Waals surface area contributed by atoms with E-state index in [0.717, 1.165) is 37.4 Å². The van der Waals surface area contributed by atoms with Gasteiger partial charge >= 0.3 is 0 Å². The molecule has 0 saturated heterocycles. The summed E-state index contributed by atoms with van der Waals surface area (Å²) in [6.07, 6.45) is 5.69. The predicted molar refractivity (Wildman–Crippen MR) is 79.1 cm³/mol. The number of hydrogen-bond acceptors (Lipinski definition) is 3. The summed E-state index contributed by atoms with van der Waals surface area (Å²) in [4.78, 5) is 2.61. The van der Waals surface area contributed by atoms with Gasteiger partial charge < -0.3 is 9.73 Å². The Bertz CT molecular complexity index is 344. The molecule has 108 valence electrons. The van der Waals surface area contributed by atoms with Crippen molar-refractivity contribution in [3.05, 3.63) is 24.2 Å². The fraction of sp³-hybridized carbons (Fsp3) is 0.750. The van der Waals surface area contributed by atoms with E-state index in [0.29, 0.717) is 6.04 Å². The van der Waals surface area contributed by atoms with Crippen LogP contribution >= 0.6 is 0 Å². The van der Waals surface area contributed by atoms with Gasteiger partial charge in [-0.3, -0.25) is 4.90 Å². The molecule has 1 fully saturated rings. The minimum Gasteiger partial charge on any atom is -0.468 e. The van der Waals surface area contributed by atoms with Gasteiger partial charge in [-0.1, -0.05) is 13.8 Å². The number of hydrogen-bond donors (Lipinski definition) is 1. The molecule has 0 bridgehead atoms. The average molecular weight is 264 g/mol. The summed E-state index contributed by atoms with van der Waals surface area (Å²) in [6, 6.07) is 5.47. The summed E-state index contributed by atoms with van der Waals surface area (Å²) in [5.41, 5.74) is 0. The molecule has 0 aromatic carbocycles. The summed E-state index contributed by atoms with van der Waals surface area (Å²) in [7, 11) is 0. The van der Waals surface area contributed by atoms with Gasteiger partial charge in [0.2, 0.25) is 0 Å². The SMILES string of the molecule is CC(C)CNCCC(C)N(Cc1ccco1)C1CC1. The Balaban J connectivity index is 1.75. The Kier molecular flexibility index (Phi) is 5.46. The van der Waals surface area contributed by atoms with Crippen LogP contribution in [0.3, 0.4) is 0 Å². The molecule has 1 saturated carbocycles. The van der Waals surface area contributed by atoms with E-state index in [1.807, 2.05) is 6.07 Å². The minimum atomic E-state index is 0.622. The first-order chi connectivity index (χ1) is 9.16. The molecular weight excluding hydrogens is 236 g/mol. The van der Waals surface area contributed by atoms with E-state index >= 15 is 0 Å². The van der Waals surface area contributed by atoms with Gasteiger partial charge in [-0.25, -0.2) is 0 Å². The summed E-state index contributed by atoms with van der Waals surface area (Å²) < 4.78 is 5.49. The Morgan fingerprint density at radius 1 is 1.37 bits per heavy atom. The molecule has 3 nitrogen and oxygen atoms in total. The fourth-order valence-corrected chi connectivity index (χ4v) is 2.50. The summed E-state index contributed by atoms with van der Waals surface area (Å²) in [6.45, 7) is 10.0. The Morgan fingerprint density at radius 2 is 2.16 bits per heavy atom. The van der Waals surface area contributed by atoms with Gasteiger partial charge in [0.25, 0.3) is 0 Å². The van der Waals surface area contributed by atoms with Crippen LogP contribution in [-0.4, -0.2) is 30.1 Å². The first-order valence-electron chi connectivity index (χ1n) is 7.65. The van der Waals surface area contributed by atoms with Crippen molar-refractivity contribution in [2.75, 3.05) is 13.1 Å². The zero-order valence-electron chi connectivity index (χ0n) is 12.6. The van der Waals surface area contributed by atoms with Gasteiger partial charge in [-0.05, 0) is 57.3 Å². The number of furan rings is 1. The average Bonchev–Trinajstić information content (AvgIpc) is 3.08. The first kappa shape index (κ1) is 14.6. The second-order valence-corrected chi connectivity index (χ2v) is 6.22. The lowest BCUT2D eigenvalue weighted by Gasteiger charge is -2.28. The van der Waals surface area contributed by atoms with Gasteiger partial charge in [0.05, 0.1) is 12.8 Å². The van der Waals surface area contributed by atoms with E-state index in [1.54, 1.807) is 6.26 Å². The van der Waals surface area contributed by atoms with Crippen molar-refractivity contribution in [1.82, 2.24) is 10.2 Å². The van der Waals surface area contributed by atoms with Crippen molar-refractivity contribution in [3.63, 3.8) is 0 Å². The molecule has 1 aliphatic carbocycles. The maximum Gasteiger partial charge on any atom is 0.117 e. The molecule has 1 aliphatic rings. The lowest BCUT2D eigenvalue weighted by molar-refractivity contribution is 0.166. The van der Waals surface area contributed by atoms with Crippen LogP contribution in [0.25, 0.3) is 0 Å². The van der Waals surface area contributed by atoms with Crippen LogP contribution in [0.1, 0.15) is 45.8 Å². The molecular formula is C16H28N2O. The quantitative estimate of drug-likeness (QED) is 0.694. The second kappa shape index (κ2) is 7.11. The third-order valence-electron chi connectivity index (χ3n) is 3.79. The maximum absolute atomic E-state index is 5.49. The standard InChI is InChI=1S/C16H28N2O/c1-13(2)11-17-9-8-14(3)18(15-6-7-15)12-16-5-4-10-19-16/h4-5,10,13-15,17H,6-9,11-12H2,1-3H3. The summed E-state index contributed by atoms with van der Waals surface area (Å²) >= 11 is 0. The van der Waals surface area contributed by atoms with Crippen molar-refractivity contribution in [2.45, 2.75) is 58.7 Å². The van der Waals surface area contributed by atoms with Gasteiger partial charge in [0.1, 0.15) is 5.76 Å². The number of rotatable bonds is 9. The van der Waals surface area contributed by atoms with Crippen molar-refractivity contribution in [2.24, 2.45) is 5.92 Å². The molecule has 0 radical (unpaired) electrons. The second-order valence-electron chi connectivity index (χ2n) is 6.22. The van der Waals surface area contributed by atoms with E-state index in [9.17, 15) is 0 Å². The highest BCUT2D eigenvalue weighted by atomic mass is 16.3. The lowest BCUT2D eigenvalue weighted by atomic mass is 10.1. The monoisotopic (exact) mass is 264 g/mol. The smallest absolute Gasteiger partial charge is 0.117 e. The minimum absolute atomic E-state index is 0.622. The molecule has 0 aliphatic heterocycles. The van der Waals surface area contributed by atoms with Crippen molar-refractivity contribution in [1.29, 1.82) is 0 Å². The molecule has 0 spiro atoms. The van der Waals surface area contributed by atoms with Crippen LogP contribution in [0.4, 0.5) is 0 Å². The van der Waals surface area contributed by atoms with E-state index < -0.39 is 0 Å². The molecule has 3 heteroatoms. The Hall–Kier alpha value is -0.800. The maximum atomic E-state index is 5.49. The first-order valence-corrected chi connectivity index (χ1v) is 7.65. The van der Waals surface area contributed by atoms with E-state index in [4.69, 9.17) is 4.42 Å². The molecule has 1 aromatic heterocycles. The number of nitrogens with zero attached hydrogens (tertiary/aromatic N) is 1. The van der Waals surface area contributed by atoms with Crippen molar-refractivity contribution < 1.29 is 4.42 Å². The van der Waals surface area contributed by atoms with Gasteiger partial charge in [-0.2, -0.15) is 0 Å². The van der Waals surface area contributed by atoms with Crippen LogP contribution in [0.5, 0.6) is 0 Å². The molecule has 1 unspecified atom stereocenters. The third-order valence-corrected chi connectivity index (χ3v) is 3.79. The molecule has 1 N–H and O–H groups in total. The van der Waals surface area contributed by atoms with Crippen LogP contribution in [0.15, 0.2) is 22.8 Å².